The first-order valence-corrected chi connectivity index (χ1v) is 8.86. The zero-order chi connectivity index (χ0) is 18.4. The number of likely N-dealkylation sites (N-methyl/N-ethyl adjacent to an activating group) is 1. The van der Waals surface area contributed by atoms with Crippen molar-refractivity contribution in [3.8, 4) is 0 Å². The first-order valence-electron chi connectivity index (χ1n) is 8.86. The second-order valence-corrected chi connectivity index (χ2v) is 7.02. The Hall–Kier alpha value is -1.63. The summed E-state index contributed by atoms with van der Waals surface area (Å²) in [4.78, 5) is 27.2. The highest BCUT2D eigenvalue weighted by Gasteiger charge is 2.22. The Kier molecular flexibility index (Phi) is 9.05. The van der Waals surface area contributed by atoms with Crippen molar-refractivity contribution in [2.75, 3.05) is 38.5 Å². The fraction of sp³-hybridized carbons (Fsp3) is 0.579. The van der Waals surface area contributed by atoms with E-state index in [0.717, 1.165) is 43.6 Å². The van der Waals surface area contributed by atoms with Crippen molar-refractivity contribution >= 4 is 30.0 Å². The van der Waals surface area contributed by atoms with E-state index in [1.807, 2.05) is 37.1 Å². The monoisotopic (exact) mass is 383 g/mol. The van der Waals surface area contributed by atoms with Crippen LogP contribution in [0.3, 0.4) is 0 Å². The summed E-state index contributed by atoms with van der Waals surface area (Å²) in [7, 11) is 1.86. The number of carbonyl (C=O) groups excluding carboxylic acids is 1. The number of anilines is 1. The maximum absolute atomic E-state index is 12.3. The topological polar surface area (TPSA) is 72.9 Å². The normalized spacial score (nSPS) is 18.1. The number of aryl methyl sites for hydroxylation is 2. The van der Waals surface area contributed by atoms with Gasteiger partial charge in [-0.3, -0.25) is 19.4 Å². The van der Waals surface area contributed by atoms with Gasteiger partial charge in [-0.15, -0.1) is 12.4 Å². The summed E-state index contributed by atoms with van der Waals surface area (Å²) in [6.45, 7) is 6.22. The van der Waals surface area contributed by atoms with Gasteiger partial charge in [0.05, 0.1) is 13.1 Å². The molecule has 1 aliphatic heterocycles. The average molecular weight is 384 g/mol. The Balaban J connectivity index is 0.00000338. The smallest absolute Gasteiger partial charge is 0.317 e. The van der Waals surface area contributed by atoms with Crippen LogP contribution in [0.2, 0.25) is 0 Å². The Morgan fingerprint density at radius 3 is 2.62 bits per heavy atom. The van der Waals surface area contributed by atoms with Crippen molar-refractivity contribution in [3.05, 3.63) is 29.3 Å². The van der Waals surface area contributed by atoms with Gasteiger partial charge in [0.15, 0.2) is 0 Å². The van der Waals surface area contributed by atoms with Crippen molar-refractivity contribution < 1.29 is 14.7 Å². The molecule has 2 N–H and O–H groups in total. The number of nitrogens with one attached hydrogen (secondary N) is 1. The predicted octanol–water partition coefficient (Wildman–Crippen LogP) is 2.53. The number of halogens is 1. The molecule has 0 aromatic heterocycles. The fourth-order valence-electron chi connectivity index (χ4n) is 3.30. The maximum Gasteiger partial charge on any atom is 0.317 e. The second kappa shape index (κ2) is 10.5. The molecule has 26 heavy (non-hydrogen) atoms. The molecular formula is C19H30ClN3O3. The van der Waals surface area contributed by atoms with Gasteiger partial charge in [0.2, 0.25) is 5.91 Å². The number of amides is 1. The van der Waals surface area contributed by atoms with E-state index in [1.54, 1.807) is 0 Å². The summed E-state index contributed by atoms with van der Waals surface area (Å²) >= 11 is 0. The third-order valence-electron chi connectivity index (χ3n) is 4.96. The van der Waals surface area contributed by atoms with Crippen LogP contribution in [0.1, 0.15) is 30.4 Å². The number of hydrogen-bond acceptors (Lipinski definition) is 4. The van der Waals surface area contributed by atoms with Gasteiger partial charge in [0, 0.05) is 18.3 Å². The van der Waals surface area contributed by atoms with Crippen molar-refractivity contribution in [1.82, 2.24) is 9.80 Å². The number of carboxylic acid groups (broad SMARTS) is 1. The molecular weight excluding hydrogens is 354 g/mol. The van der Waals surface area contributed by atoms with E-state index in [-0.39, 0.29) is 30.9 Å². The van der Waals surface area contributed by atoms with E-state index in [4.69, 9.17) is 5.11 Å². The lowest BCUT2D eigenvalue weighted by molar-refractivity contribution is -0.138. The summed E-state index contributed by atoms with van der Waals surface area (Å²) in [6, 6.07) is 6.20. The number of carboxylic acids is 1. The van der Waals surface area contributed by atoms with Gasteiger partial charge >= 0.3 is 5.97 Å². The molecule has 0 radical (unpaired) electrons. The molecule has 1 aromatic rings. The maximum atomic E-state index is 12.3. The van der Waals surface area contributed by atoms with E-state index < -0.39 is 5.97 Å². The van der Waals surface area contributed by atoms with Crippen LogP contribution in [0.4, 0.5) is 5.69 Å². The third kappa shape index (κ3) is 6.94. The number of rotatable bonds is 6. The van der Waals surface area contributed by atoms with Gasteiger partial charge in [-0.25, -0.2) is 0 Å². The van der Waals surface area contributed by atoms with Crippen LogP contribution in [-0.2, 0) is 9.59 Å². The molecule has 1 unspecified atom stereocenters. The number of carbonyl (C=O) groups is 2. The molecule has 1 saturated heterocycles. The number of hydrogen-bond donors (Lipinski definition) is 2. The number of likely N-dealkylation sites (tertiary alicyclic amines) is 1. The van der Waals surface area contributed by atoms with E-state index in [1.165, 1.54) is 5.56 Å². The van der Waals surface area contributed by atoms with Crippen LogP contribution in [-0.4, -0.2) is 66.1 Å². The average Bonchev–Trinajstić information content (AvgIpc) is 2.76. The zero-order valence-corrected chi connectivity index (χ0v) is 16.6. The highest BCUT2D eigenvalue weighted by atomic mass is 35.5. The quantitative estimate of drug-likeness (QED) is 0.789. The molecule has 0 spiro atoms. The van der Waals surface area contributed by atoms with E-state index in [9.17, 15) is 9.59 Å². The van der Waals surface area contributed by atoms with Crippen LogP contribution in [0.5, 0.6) is 0 Å². The number of nitrogens with zero attached hydrogens (tertiary/aromatic N) is 2. The lowest BCUT2D eigenvalue weighted by atomic mass is 10.1. The van der Waals surface area contributed by atoms with Gasteiger partial charge in [0.25, 0.3) is 0 Å². The van der Waals surface area contributed by atoms with Gasteiger partial charge in [-0.1, -0.05) is 6.07 Å². The lowest BCUT2D eigenvalue weighted by Gasteiger charge is -2.25. The first kappa shape index (κ1) is 22.4. The Morgan fingerprint density at radius 1 is 1.23 bits per heavy atom. The molecule has 1 aromatic carbocycles. The minimum Gasteiger partial charge on any atom is -0.480 e. The molecule has 1 fully saturated rings. The minimum absolute atomic E-state index is 0. The Labute approximate surface area is 162 Å². The van der Waals surface area contributed by atoms with Crippen molar-refractivity contribution in [2.45, 2.75) is 39.2 Å². The van der Waals surface area contributed by atoms with Crippen molar-refractivity contribution in [1.29, 1.82) is 0 Å². The molecule has 1 amide bonds. The summed E-state index contributed by atoms with van der Waals surface area (Å²) < 4.78 is 0. The van der Waals surface area contributed by atoms with Crippen LogP contribution >= 0.6 is 12.4 Å². The molecule has 0 saturated carbocycles. The molecule has 1 aliphatic rings. The van der Waals surface area contributed by atoms with E-state index >= 15 is 0 Å². The highest BCUT2D eigenvalue weighted by molar-refractivity contribution is 5.92. The summed E-state index contributed by atoms with van der Waals surface area (Å²) in [5.41, 5.74) is 3.21. The standard InChI is InChI=1S/C19H29N3O3.ClH/c1-14-6-7-16(11-15(14)2)20-18(23)12-22-9-4-5-17(8-10-22)21(3)13-19(24)25;/h6-7,11,17H,4-5,8-10,12-13H2,1-3H3,(H,20,23)(H,24,25);1H. The van der Waals surface area contributed by atoms with Gasteiger partial charge in [-0.05, 0) is 70.0 Å². The molecule has 2 rings (SSSR count). The largest absolute Gasteiger partial charge is 0.480 e. The fourth-order valence-corrected chi connectivity index (χ4v) is 3.30. The molecule has 6 nitrogen and oxygen atoms in total. The van der Waals surface area contributed by atoms with E-state index in [2.05, 4.69) is 17.1 Å². The molecule has 1 heterocycles. The van der Waals surface area contributed by atoms with E-state index in [0.29, 0.717) is 6.54 Å². The van der Waals surface area contributed by atoms with Crippen LogP contribution in [0.15, 0.2) is 18.2 Å². The molecule has 146 valence electrons. The Bertz CT molecular complexity index is 624. The summed E-state index contributed by atoms with van der Waals surface area (Å²) in [5.74, 6) is -0.794. The van der Waals surface area contributed by atoms with Gasteiger partial charge in [-0.2, -0.15) is 0 Å². The molecule has 1 atom stereocenters. The van der Waals surface area contributed by atoms with Crippen molar-refractivity contribution in [2.24, 2.45) is 0 Å². The van der Waals surface area contributed by atoms with Crippen LogP contribution in [0, 0.1) is 13.8 Å². The van der Waals surface area contributed by atoms with Crippen LogP contribution < -0.4 is 5.32 Å². The van der Waals surface area contributed by atoms with Gasteiger partial charge < -0.3 is 10.4 Å². The zero-order valence-electron chi connectivity index (χ0n) is 15.8. The van der Waals surface area contributed by atoms with Crippen molar-refractivity contribution in [3.63, 3.8) is 0 Å². The first-order chi connectivity index (χ1) is 11.8. The summed E-state index contributed by atoms with van der Waals surface area (Å²) in [5, 5.41) is 11.9. The minimum atomic E-state index is -0.795. The second-order valence-electron chi connectivity index (χ2n) is 7.02. The lowest BCUT2D eigenvalue weighted by Crippen LogP contribution is -2.37. The molecule has 0 bridgehead atoms. The number of aliphatic carboxylic acids is 1. The summed E-state index contributed by atoms with van der Waals surface area (Å²) in [6.07, 6.45) is 2.84. The van der Waals surface area contributed by atoms with Crippen LogP contribution in [0.25, 0.3) is 0 Å². The highest BCUT2D eigenvalue weighted by Crippen LogP contribution is 2.17. The third-order valence-corrected chi connectivity index (χ3v) is 4.96. The predicted molar refractivity (Wildman–Crippen MR) is 106 cm³/mol. The Morgan fingerprint density at radius 2 is 1.96 bits per heavy atom. The molecule has 0 aliphatic carbocycles. The molecule has 7 heteroatoms. The SMILES string of the molecule is Cc1ccc(NC(=O)CN2CCCC(N(C)CC(=O)O)CC2)cc1C.Cl. The number of benzene rings is 1. The van der Waals surface area contributed by atoms with Gasteiger partial charge in [0.1, 0.15) is 0 Å².